The summed E-state index contributed by atoms with van der Waals surface area (Å²) < 4.78 is 0. The third kappa shape index (κ3) is 2.09. The van der Waals surface area contributed by atoms with E-state index < -0.39 is 0 Å². The zero-order valence-corrected chi connectivity index (χ0v) is 10.9. The first-order valence-electron chi connectivity index (χ1n) is 5.87. The number of amides is 2. The number of nitrogens with one attached hydrogen (secondary N) is 1. The molecule has 0 radical (unpaired) electrons. The molecule has 0 fully saturated rings. The number of fused-ring (bicyclic) bond motifs is 1. The summed E-state index contributed by atoms with van der Waals surface area (Å²) >= 11 is 0. The molecule has 0 unspecified atom stereocenters. The highest BCUT2D eigenvalue weighted by atomic mass is 16.2. The molecule has 2 rings (SSSR count). The Morgan fingerprint density at radius 3 is 2.44 bits per heavy atom. The lowest BCUT2D eigenvalue weighted by atomic mass is 10.1. The Balaban J connectivity index is 2.26. The van der Waals surface area contributed by atoms with Crippen molar-refractivity contribution in [3.05, 3.63) is 29.3 Å². The number of carbonyl (C=O) groups excluding carboxylic acids is 2. The molecule has 1 aromatic rings. The van der Waals surface area contributed by atoms with E-state index in [-0.39, 0.29) is 11.8 Å². The van der Waals surface area contributed by atoms with Crippen LogP contribution in [0.15, 0.2) is 18.2 Å². The van der Waals surface area contributed by atoms with Gasteiger partial charge in [-0.3, -0.25) is 14.5 Å². The summed E-state index contributed by atoms with van der Waals surface area (Å²) in [4.78, 5) is 27.5. The number of carbonyl (C=O) groups is 2. The van der Waals surface area contributed by atoms with E-state index in [4.69, 9.17) is 0 Å². The van der Waals surface area contributed by atoms with Crippen LogP contribution in [0.4, 0.5) is 5.69 Å². The van der Waals surface area contributed by atoms with Crippen LogP contribution in [0.2, 0.25) is 0 Å². The standard InChI is InChI=1S/C13H17N3O2/c1-14-9-4-5-10-11(8-9)13(18)16(12(10)17)7-6-15(2)3/h4-5,8,14H,6-7H2,1-3H3. The number of rotatable bonds is 4. The lowest BCUT2D eigenvalue weighted by Crippen LogP contribution is -2.35. The molecule has 5 nitrogen and oxygen atoms in total. The van der Waals surface area contributed by atoms with E-state index >= 15 is 0 Å². The van der Waals surface area contributed by atoms with Crippen molar-refractivity contribution in [3.63, 3.8) is 0 Å². The SMILES string of the molecule is CNc1ccc2c(c1)C(=O)N(CCN(C)C)C2=O. The monoisotopic (exact) mass is 247 g/mol. The summed E-state index contributed by atoms with van der Waals surface area (Å²) in [5.41, 5.74) is 1.83. The highest BCUT2D eigenvalue weighted by Gasteiger charge is 2.35. The molecule has 0 aromatic heterocycles. The predicted octanol–water partition coefficient (Wildman–Crippen LogP) is 0.886. The van der Waals surface area contributed by atoms with Gasteiger partial charge in [-0.1, -0.05) is 0 Å². The fourth-order valence-electron chi connectivity index (χ4n) is 1.95. The molecule has 5 heteroatoms. The second-order valence-electron chi connectivity index (χ2n) is 4.58. The van der Waals surface area contributed by atoms with Gasteiger partial charge in [-0.05, 0) is 32.3 Å². The van der Waals surface area contributed by atoms with Crippen LogP contribution in [0, 0.1) is 0 Å². The van der Waals surface area contributed by atoms with Crippen LogP contribution in [0.25, 0.3) is 0 Å². The molecule has 1 N–H and O–H groups in total. The van der Waals surface area contributed by atoms with Crippen LogP contribution < -0.4 is 5.32 Å². The van der Waals surface area contributed by atoms with E-state index in [1.54, 1.807) is 25.2 Å². The highest BCUT2D eigenvalue weighted by Crippen LogP contribution is 2.25. The number of nitrogens with zero attached hydrogens (tertiary/aromatic N) is 2. The Labute approximate surface area is 106 Å². The van der Waals surface area contributed by atoms with Gasteiger partial charge in [0.25, 0.3) is 11.8 Å². The van der Waals surface area contributed by atoms with Crippen LogP contribution in [-0.2, 0) is 0 Å². The van der Waals surface area contributed by atoms with Crippen LogP contribution in [0.3, 0.4) is 0 Å². The summed E-state index contributed by atoms with van der Waals surface area (Å²) in [5, 5.41) is 2.97. The van der Waals surface area contributed by atoms with Crippen molar-refractivity contribution in [2.45, 2.75) is 0 Å². The van der Waals surface area contributed by atoms with Crippen LogP contribution in [0.1, 0.15) is 20.7 Å². The molecule has 96 valence electrons. The van der Waals surface area contributed by atoms with Gasteiger partial charge < -0.3 is 10.2 Å². The molecule has 1 aromatic carbocycles. The van der Waals surface area contributed by atoms with Gasteiger partial charge in [0.05, 0.1) is 11.1 Å². The molecule has 1 aliphatic heterocycles. The summed E-state index contributed by atoms with van der Waals surface area (Å²) in [7, 11) is 5.61. The van der Waals surface area contributed by atoms with Crippen molar-refractivity contribution >= 4 is 17.5 Å². The van der Waals surface area contributed by atoms with Gasteiger partial charge in [0.1, 0.15) is 0 Å². The molecule has 1 heterocycles. The van der Waals surface area contributed by atoms with Gasteiger partial charge in [-0.15, -0.1) is 0 Å². The molecule has 1 aliphatic rings. The lowest BCUT2D eigenvalue weighted by molar-refractivity contribution is 0.0645. The molecule has 0 atom stereocenters. The minimum Gasteiger partial charge on any atom is -0.388 e. The summed E-state index contributed by atoms with van der Waals surface area (Å²) in [6.45, 7) is 1.10. The van der Waals surface area contributed by atoms with E-state index in [0.717, 1.165) is 5.69 Å². The van der Waals surface area contributed by atoms with E-state index in [2.05, 4.69) is 5.32 Å². The second kappa shape index (κ2) is 4.78. The number of benzene rings is 1. The Kier molecular flexibility index (Phi) is 3.34. The Morgan fingerprint density at radius 1 is 1.17 bits per heavy atom. The van der Waals surface area contributed by atoms with Gasteiger partial charge in [0.2, 0.25) is 0 Å². The minimum atomic E-state index is -0.200. The second-order valence-corrected chi connectivity index (χ2v) is 4.58. The van der Waals surface area contributed by atoms with E-state index in [0.29, 0.717) is 24.2 Å². The number of likely N-dealkylation sites (N-methyl/N-ethyl adjacent to an activating group) is 1. The lowest BCUT2D eigenvalue weighted by Gasteiger charge is -2.16. The first-order chi connectivity index (χ1) is 8.54. The van der Waals surface area contributed by atoms with Crippen molar-refractivity contribution in [2.24, 2.45) is 0 Å². The Bertz CT molecular complexity index is 497. The minimum absolute atomic E-state index is 0.195. The highest BCUT2D eigenvalue weighted by molar-refractivity contribution is 6.21. The zero-order chi connectivity index (χ0) is 13.3. The van der Waals surface area contributed by atoms with Crippen molar-refractivity contribution in [2.75, 3.05) is 39.5 Å². The fourth-order valence-corrected chi connectivity index (χ4v) is 1.95. The predicted molar refractivity (Wildman–Crippen MR) is 69.9 cm³/mol. The van der Waals surface area contributed by atoms with E-state index in [1.165, 1.54) is 4.90 Å². The molecular weight excluding hydrogens is 230 g/mol. The van der Waals surface area contributed by atoms with Gasteiger partial charge in [0, 0.05) is 25.8 Å². The molecule has 0 saturated carbocycles. The van der Waals surface area contributed by atoms with Crippen LogP contribution in [-0.4, -0.2) is 55.8 Å². The van der Waals surface area contributed by atoms with E-state index in [9.17, 15) is 9.59 Å². The number of imide groups is 1. The normalized spacial score (nSPS) is 14.3. The van der Waals surface area contributed by atoms with Crippen molar-refractivity contribution in [1.82, 2.24) is 9.80 Å². The van der Waals surface area contributed by atoms with Gasteiger partial charge in [-0.25, -0.2) is 0 Å². The summed E-state index contributed by atoms with van der Waals surface area (Å²) in [6.07, 6.45) is 0. The maximum atomic E-state index is 12.1. The number of anilines is 1. The third-order valence-electron chi connectivity index (χ3n) is 3.03. The van der Waals surface area contributed by atoms with Crippen molar-refractivity contribution < 1.29 is 9.59 Å². The van der Waals surface area contributed by atoms with Crippen molar-refractivity contribution in [3.8, 4) is 0 Å². The van der Waals surface area contributed by atoms with Crippen LogP contribution in [0.5, 0.6) is 0 Å². The Hall–Kier alpha value is -1.88. The number of hydrogen-bond acceptors (Lipinski definition) is 4. The first kappa shape index (κ1) is 12.6. The molecule has 0 saturated heterocycles. The average Bonchev–Trinajstić information content (AvgIpc) is 2.59. The third-order valence-corrected chi connectivity index (χ3v) is 3.03. The maximum absolute atomic E-state index is 12.1. The van der Waals surface area contributed by atoms with E-state index in [1.807, 2.05) is 19.0 Å². The maximum Gasteiger partial charge on any atom is 0.261 e. The smallest absolute Gasteiger partial charge is 0.261 e. The quantitative estimate of drug-likeness (QED) is 0.803. The zero-order valence-electron chi connectivity index (χ0n) is 10.9. The average molecular weight is 247 g/mol. The molecule has 2 amide bonds. The van der Waals surface area contributed by atoms with Gasteiger partial charge in [-0.2, -0.15) is 0 Å². The largest absolute Gasteiger partial charge is 0.388 e. The summed E-state index contributed by atoms with van der Waals surface area (Å²) in [5.74, 6) is -0.395. The molecular formula is C13H17N3O2. The topological polar surface area (TPSA) is 52.7 Å². The number of hydrogen-bond donors (Lipinski definition) is 1. The fraction of sp³-hybridized carbons (Fsp3) is 0.385. The van der Waals surface area contributed by atoms with Crippen LogP contribution >= 0.6 is 0 Å². The molecule has 18 heavy (non-hydrogen) atoms. The van der Waals surface area contributed by atoms with Gasteiger partial charge >= 0.3 is 0 Å². The molecule has 0 spiro atoms. The summed E-state index contributed by atoms with van der Waals surface area (Å²) in [6, 6.07) is 5.24. The Morgan fingerprint density at radius 2 is 1.83 bits per heavy atom. The molecule has 0 bridgehead atoms. The first-order valence-corrected chi connectivity index (χ1v) is 5.87. The van der Waals surface area contributed by atoms with Gasteiger partial charge in [0.15, 0.2) is 0 Å². The van der Waals surface area contributed by atoms with Crippen molar-refractivity contribution in [1.29, 1.82) is 0 Å². The molecule has 0 aliphatic carbocycles.